The molecule has 0 unspecified atom stereocenters. The highest BCUT2D eigenvalue weighted by Gasteiger charge is 2.28. The summed E-state index contributed by atoms with van der Waals surface area (Å²) < 4.78 is 13.8. The summed E-state index contributed by atoms with van der Waals surface area (Å²) in [5, 5.41) is 11.1. The fourth-order valence-corrected chi connectivity index (χ4v) is 5.24. The van der Waals surface area contributed by atoms with Crippen molar-refractivity contribution in [3.63, 3.8) is 0 Å². The Morgan fingerprint density at radius 2 is 1.85 bits per heavy atom. The zero-order chi connectivity index (χ0) is 17.9. The molecule has 0 bridgehead atoms. The summed E-state index contributed by atoms with van der Waals surface area (Å²) in [6.07, 6.45) is 8.17. The number of rotatable bonds is 4. The van der Waals surface area contributed by atoms with Crippen LogP contribution in [0.3, 0.4) is 0 Å². The Labute approximate surface area is 157 Å². The van der Waals surface area contributed by atoms with Gasteiger partial charge in [0.15, 0.2) is 0 Å². The molecule has 6 heteroatoms. The number of halogens is 1. The summed E-state index contributed by atoms with van der Waals surface area (Å²) in [4.78, 5) is 14.3. The van der Waals surface area contributed by atoms with Crippen LogP contribution in [0.25, 0.3) is 0 Å². The van der Waals surface area contributed by atoms with E-state index >= 15 is 0 Å². The van der Waals surface area contributed by atoms with Gasteiger partial charge in [0.05, 0.1) is 5.56 Å². The number of hydrogen-bond acceptors (Lipinski definition) is 4. The topological polar surface area (TPSA) is 46.1 Å². The molecule has 1 aliphatic carbocycles. The zero-order valence-corrected chi connectivity index (χ0v) is 15.7. The number of benzene rings is 1. The Morgan fingerprint density at radius 3 is 2.58 bits per heavy atom. The van der Waals surface area contributed by atoms with Gasteiger partial charge in [0.2, 0.25) is 0 Å². The van der Waals surface area contributed by atoms with E-state index in [2.05, 4.69) is 10.2 Å². The highest BCUT2D eigenvalue weighted by Crippen LogP contribution is 2.33. The van der Waals surface area contributed by atoms with Crippen LogP contribution in [0.1, 0.15) is 64.8 Å². The first-order valence-corrected chi connectivity index (χ1v) is 10.4. The molecule has 1 saturated carbocycles. The molecule has 0 radical (unpaired) electrons. The van der Waals surface area contributed by atoms with Crippen LogP contribution in [0.2, 0.25) is 0 Å². The minimum Gasteiger partial charge on any atom is -0.339 e. The highest BCUT2D eigenvalue weighted by atomic mass is 32.1. The highest BCUT2D eigenvalue weighted by molar-refractivity contribution is 7.11. The van der Waals surface area contributed by atoms with E-state index in [9.17, 15) is 9.18 Å². The average Bonchev–Trinajstić information content (AvgIpc) is 3.34. The first kappa shape index (κ1) is 17.6. The van der Waals surface area contributed by atoms with Gasteiger partial charge in [-0.15, -0.1) is 21.5 Å². The van der Waals surface area contributed by atoms with Gasteiger partial charge in [-0.3, -0.25) is 4.79 Å². The maximum absolute atomic E-state index is 13.8. The molecule has 26 heavy (non-hydrogen) atoms. The number of likely N-dealkylation sites (tertiary alicyclic amines) is 1. The van der Waals surface area contributed by atoms with E-state index in [1.165, 1.54) is 31.7 Å². The van der Waals surface area contributed by atoms with Gasteiger partial charge in [-0.05, 0) is 30.9 Å². The molecule has 2 aliphatic rings. The second kappa shape index (κ2) is 7.82. The second-order valence-corrected chi connectivity index (χ2v) is 8.53. The van der Waals surface area contributed by atoms with Gasteiger partial charge < -0.3 is 4.90 Å². The van der Waals surface area contributed by atoms with E-state index in [4.69, 9.17) is 0 Å². The first-order chi connectivity index (χ1) is 12.7. The van der Waals surface area contributed by atoms with Crippen molar-refractivity contribution in [2.75, 3.05) is 13.1 Å². The van der Waals surface area contributed by atoms with Crippen LogP contribution in [0, 0.1) is 11.7 Å². The molecule has 1 amide bonds. The van der Waals surface area contributed by atoms with Crippen LogP contribution in [-0.2, 0) is 6.42 Å². The minimum atomic E-state index is -0.444. The van der Waals surface area contributed by atoms with Gasteiger partial charge in [-0.2, -0.15) is 0 Å². The van der Waals surface area contributed by atoms with Crippen molar-refractivity contribution in [3.05, 3.63) is 45.7 Å². The van der Waals surface area contributed by atoms with Crippen molar-refractivity contribution in [3.8, 4) is 0 Å². The lowest BCUT2D eigenvalue weighted by Crippen LogP contribution is -2.38. The normalized spacial score (nSPS) is 19.2. The molecule has 2 fully saturated rings. The number of nitrogens with zero attached hydrogens (tertiary/aromatic N) is 3. The van der Waals surface area contributed by atoms with E-state index in [0.717, 1.165) is 35.2 Å². The van der Waals surface area contributed by atoms with Crippen molar-refractivity contribution >= 4 is 17.2 Å². The molecule has 1 saturated heterocycles. The van der Waals surface area contributed by atoms with Gasteiger partial charge >= 0.3 is 0 Å². The fourth-order valence-electron chi connectivity index (χ4n) is 4.11. The number of aromatic nitrogens is 2. The first-order valence-electron chi connectivity index (χ1n) is 9.57. The molecule has 0 atom stereocenters. The van der Waals surface area contributed by atoms with Crippen molar-refractivity contribution in [1.82, 2.24) is 15.1 Å². The molecule has 1 aliphatic heterocycles. The van der Waals surface area contributed by atoms with Crippen molar-refractivity contribution < 1.29 is 9.18 Å². The second-order valence-electron chi connectivity index (χ2n) is 7.43. The van der Waals surface area contributed by atoms with Crippen LogP contribution in [0.15, 0.2) is 24.3 Å². The smallest absolute Gasteiger partial charge is 0.256 e. The Balaban J connectivity index is 1.34. The molecule has 1 aromatic carbocycles. The third kappa shape index (κ3) is 3.80. The van der Waals surface area contributed by atoms with E-state index in [0.29, 0.717) is 19.0 Å². The molecule has 4 rings (SSSR count). The maximum Gasteiger partial charge on any atom is 0.256 e. The third-order valence-electron chi connectivity index (χ3n) is 5.66. The number of hydrogen-bond donors (Lipinski definition) is 0. The van der Waals surface area contributed by atoms with E-state index in [1.54, 1.807) is 34.4 Å². The molecule has 2 heterocycles. The van der Waals surface area contributed by atoms with Crippen LogP contribution >= 0.6 is 11.3 Å². The molecule has 138 valence electrons. The lowest BCUT2D eigenvalue weighted by molar-refractivity contribution is 0.0708. The molecule has 4 nitrogen and oxygen atoms in total. The predicted molar refractivity (Wildman–Crippen MR) is 99.8 cm³/mol. The predicted octanol–water partition coefficient (Wildman–Crippen LogP) is 4.43. The van der Waals surface area contributed by atoms with E-state index < -0.39 is 5.82 Å². The van der Waals surface area contributed by atoms with Crippen molar-refractivity contribution in [2.45, 2.75) is 50.9 Å². The zero-order valence-electron chi connectivity index (χ0n) is 14.9. The maximum atomic E-state index is 13.8. The summed E-state index contributed by atoms with van der Waals surface area (Å²) in [6, 6.07) is 6.21. The largest absolute Gasteiger partial charge is 0.339 e. The van der Waals surface area contributed by atoms with Crippen LogP contribution in [0.5, 0.6) is 0 Å². The van der Waals surface area contributed by atoms with Crippen molar-refractivity contribution in [1.29, 1.82) is 0 Å². The van der Waals surface area contributed by atoms with Crippen LogP contribution in [0.4, 0.5) is 4.39 Å². The van der Waals surface area contributed by atoms with E-state index in [1.807, 2.05) is 0 Å². The standard InChI is InChI=1S/C20H24FN3OS/c21-17-8-4-3-7-16(17)20(25)24-11-9-15(10-12-24)19-23-22-18(26-19)13-14-5-1-2-6-14/h3-4,7-8,14-15H,1-2,5-6,9-13H2. The van der Waals surface area contributed by atoms with Crippen LogP contribution < -0.4 is 0 Å². The Hall–Kier alpha value is -1.82. The van der Waals surface area contributed by atoms with Gasteiger partial charge in [0.1, 0.15) is 15.8 Å². The monoisotopic (exact) mass is 373 g/mol. The molecule has 1 aromatic heterocycles. The van der Waals surface area contributed by atoms with Gasteiger partial charge in [-0.1, -0.05) is 37.8 Å². The van der Waals surface area contributed by atoms with Gasteiger partial charge in [0, 0.05) is 25.4 Å². The van der Waals surface area contributed by atoms with Crippen LogP contribution in [-0.4, -0.2) is 34.1 Å². The SMILES string of the molecule is O=C(c1ccccc1F)N1CCC(c2nnc(CC3CCCC3)s2)CC1. The molecular formula is C20H24FN3OS. The summed E-state index contributed by atoms with van der Waals surface area (Å²) in [5.41, 5.74) is 0.167. The fraction of sp³-hybridized carbons (Fsp3) is 0.550. The molecule has 0 spiro atoms. The van der Waals surface area contributed by atoms with Gasteiger partial charge in [-0.25, -0.2) is 4.39 Å². The molecule has 0 N–H and O–H groups in total. The van der Waals surface area contributed by atoms with Gasteiger partial charge in [0.25, 0.3) is 5.91 Å². The van der Waals surface area contributed by atoms with E-state index in [-0.39, 0.29) is 11.5 Å². The Bertz CT molecular complexity index is 764. The van der Waals surface area contributed by atoms with Crippen molar-refractivity contribution in [2.24, 2.45) is 5.92 Å². The average molecular weight is 373 g/mol. The quantitative estimate of drug-likeness (QED) is 0.796. The summed E-state index contributed by atoms with van der Waals surface area (Å²) in [6.45, 7) is 1.30. The summed E-state index contributed by atoms with van der Waals surface area (Å²) >= 11 is 1.75. The number of piperidine rings is 1. The molecule has 2 aromatic rings. The number of carbonyl (C=O) groups is 1. The third-order valence-corrected chi connectivity index (χ3v) is 6.76. The number of carbonyl (C=O) groups excluding carboxylic acids is 1. The minimum absolute atomic E-state index is 0.167. The Kier molecular flexibility index (Phi) is 5.29. The summed E-state index contributed by atoms with van der Waals surface area (Å²) in [5.74, 6) is 0.506. The summed E-state index contributed by atoms with van der Waals surface area (Å²) in [7, 11) is 0. The number of amides is 1. The lowest BCUT2D eigenvalue weighted by atomic mass is 9.97. The molecular weight excluding hydrogens is 349 g/mol. The Morgan fingerprint density at radius 1 is 1.12 bits per heavy atom. The lowest BCUT2D eigenvalue weighted by Gasteiger charge is -2.31.